The molecule has 0 fully saturated rings. The van der Waals surface area contributed by atoms with Crippen molar-refractivity contribution in [2.75, 3.05) is 5.73 Å². The molecule has 2 N–H and O–H groups in total. The second kappa shape index (κ2) is 3.17. The average molecular weight is 233 g/mol. The minimum atomic E-state index is 0.213. The molecule has 1 aliphatic carbocycles. The summed E-state index contributed by atoms with van der Waals surface area (Å²) < 4.78 is 0. The van der Waals surface area contributed by atoms with Gasteiger partial charge < -0.3 is 5.73 Å². The molecule has 2 heterocycles. The van der Waals surface area contributed by atoms with Gasteiger partial charge in [-0.3, -0.25) is 0 Å². The molecule has 3 rings (SSSR count). The standard InChI is InChI=1S/C12H15N3S/c1-12(2)5-3-4-7-9(12)8-10(13)14-6-15-11(8)16-7/h6H,3-5H2,1-2H3,(H2,13,14,15). The Morgan fingerprint density at radius 2 is 2.19 bits per heavy atom. The summed E-state index contributed by atoms with van der Waals surface area (Å²) in [5, 5.41) is 1.10. The van der Waals surface area contributed by atoms with Gasteiger partial charge in [0.05, 0.1) is 5.39 Å². The van der Waals surface area contributed by atoms with Crippen LogP contribution in [0.4, 0.5) is 5.82 Å². The number of nitrogens with two attached hydrogens (primary N) is 1. The number of thiophene rings is 1. The van der Waals surface area contributed by atoms with E-state index in [1.165, 1.54) is 29.7 Å². The van der Waals surface area contributed by atoms with E-state index in [0.29, 0.717) is 5.82 Å². The molecule has 0 spiro atoms. The molecule has 0 atom stereocenters. The predicted octanol–water partition coefficient (Wildman–Crippen LogP) is 2.89. The topological polar surface area (TPSA) is 51.8 Å². The van der Waals surface area contributed by atoms with Crippen LogP contribution >= 0.6 is 11.3 Å². The molecule has 0 unspecified atom stereocenters. The van der Waals surface area contributed by atoms with Crippen LogP contribution in [0.3, 0.4) is 0 Å². The zero-order valence-electron chi connectivity index (χ0n) is 9.58. The molecule has 3 nitrogen and oxygen atoms in total. The van der Waals surface area contributed by atoms with Gasteiger partial charge in [-0.1, -0.05) is 13.8 Å². The molecule has 0 amide bonds. The molecule has 0 saturated carbocycles. The van der Waals surface area contributed by atoms with Crippen LogP contribution in [-0.2, 0) is 11.8 Å². The van der Waals surface area contributed by atoms with E-state index >= 15 is 0 Å². The lowest BCUT2D eigenvalue weighted by Crippen LogP contribution is -2.22. The first-order chi connectivity index (χ1) is 7.59. The Balaban J connectivity index is 2.42. The van der Waals surface area contributed by atoms with Gasteiger partial charge >= 0.3 is 0 Å². The van der Waals surface area contributed by atoms with Gasteiger partial charge in [0.2, 0.25) is 0 Å². The van der Waals surface area contributed by atoms with E-state index in [2.05, 4.69) is 23.8 Å². The highest BCUT2D eigenvalue weighted by Crippen LogP contribution is 2.45. The van der Waals surface area contributed by atoms with Crippen molar-refractivity contribution in [2.45, 2.75) is 38.5 Å². The second-order valence-electron chi connectivity index (χ2n) is 5.08. The number of anilines is 1. The molecule has 84 valence electrons. The third-order valence-corrected chi connectivity index (χ3v) is 4.63. The molecule has 0 bridgehead atoms. The Hall–Kier alpha value is -1.16. The number of rotatable bonds is 0. The highest BCUT2D eigenvalue weighted by Gasteiger charge is 2.32. The van der Waals surface area contributed by atoms with E-state index in [1.807, 2.05) is 0 Å². The molecule has 4 heteroatoms. The lowest BCUT2D eigenvalue weighted by molar-refractivity contribution is 0.440. The van der Waals surface area contributed by atoms with E-state index < -0.39 is 0 Å². The molecule has 0 aromatic carbocycles. The van der Waals surface area contributed by atoms with Crippen molar-refractivity contribution >= 4 is 27.4 Å². The summed E-state index contributed by atoms with van der Waals surface area (Å²) in [6.07, 6.45) is 5.21. The van der Waals surface area contributed by atoms with Gasteiger partial charge in [-0.05, 0) is 30.2 Å². The minimum Gasteiger partial charge on any atom is -0.383 e. The summed E-state index contributed by atoms with van der Waals surface area (Å²) in [5.41, 5.74) is 7.61. The van der Waals surface area contributed by atoms with Crippen LogP contribution in [0, 0.1) is 0 Å². The highest BCUT2D eigenvalue weighted by molar-refractivity contribution is 7.19. The van der Waals surface area contributed by atoms with E-state index in [0.717, 1.165) is 10.2 Å². The fourth-order valence-electron chi connectivity index (χ4n) is 2.71. The van der Waals surface area contributed by atoms with Crippen LogP contribution in [0.5, 0.6) is 0 Å². The van der Waals surface area contributed by atoms with E-state index in [1.54, 1.807) is 17.7 Å². The van der Waals surface area contributed by atoms with E-state index in [9.17, 15) is 0 Å². The van der Waals surface area contributed by atoms with Gasteiger partial charge in [0, 0.05) is 4.88 Å². The van der Waals surface area contributed by atoms with Crippen LogP contribution < -0.4 is 5.73 Å². The fourth-order valence-corrected chi connectivity index (χ4v) is 4.08. The first-order valence-corrected chi connectivity index (χ1v) is 6.43. The van der Waals surface area contributed by atoms with Crippen molar-refractivity contribution in [2.24, 2.45) is 0 Å². The molecule has 0 aliphatic heterocycles. The van der Waals surface area contributed by atoms with Gasteiger partial charge in [-0.2, -0.15) is 0 Å². The predicted molar refractivity (Wildman–Crippen MR) is 67.8 cm³/mol. The Bertz CT molecular complexity index is 557. The third-order valence-electron chi connectivity index (χ3n) is 3.47. The summed E-state index contributed by atoms with van der Waals surface area (Å²) >= 11 is 1.79. The van der Waals surface area contributed by atoms with Crippen molar-refractivity contribution < 1.29 is 0 Å². The summed E-state index contributed by atoms with van der Waals surface area (Å²) in [6.45, 7) is 4.59. The normalized spacial score (nSPS) is 18.6. The van der Waals surface area contributed by atoms with Crippen molar-refractivity contribution in [1.29, 1.82) is 0 Å². The summed E-state index contributed by atoms with van der Waals surface area (Å²) in [7, 11) is 0. The number of aromatic nitrogens is 2. The number of hydrogen-bond donors (Lipinski definition) is 1. The van der Waals surface area contributed by atoms with Gasteiger partial charge in [-0.25, -0.2) is 9.97 Å². The van der Waals surface area contributed by atoms with Gasteiger partial charge in [0.1, 0.15) is 17.0 Å². The zero-order chi connectivity index (χ0) is 11.3. The monoisotopic (exact) mass is 233 g/mol. The van der Waals surface area contributed by atoms with Crippen LogP contribution in [-0.4, -0.2) is 9.97 Å². The van der Waals surface area contributed by atoms with Crippen molar-refractivity contribution in [3.63, 3.8) is 0 Å². The quantitative estimate of drug-likeness (QED) is 0.761. The molecule has 16 heavy (non-hydrogen) atoms. The van der Waals surface area contributed by atoms with E-state index in [-0.39, 0.29) is 5.41 Å². The SMILES string of the molecule is CC1(C)CCCc2sc3ncnc(N)c3c21. The molecule has 2 aromatic rings. The molecule has 2 aromatic heterocycles. The Morgan fingerprint density at radius 3 is 3.00 bits per heavy atom. The summed E-state index contributed by atoms with van der Waals surface area (Å²) in [4.78, 5) is 11.0. The first-order valence-electron chi connectivity index (χ1n) is 5.62. The maximum atomic E-state index is 6.00. The zero-order valence-corrected chi connectivity index (χ0v) is 10.4. The molecule has 1 aliphatic rings. The molecular formula is C12H15N3S. The van der Waals surface area contributed by atoms with Crippen LogP contribution in [0.2, 0.25) is 0 Å². The third kappa shape index (κ3) is 1.26. The Labute approximate surface area is 98.7 Å². The largest absolute Gasteiger partial charge is 0.383 e. The lowest BCUT2D eigenvalue weighted by atomic mass is 9.75. The van der Waals surface area contributed by atoms with Crippen LogP contribution in [0.15, 0.2) is 6.33 Å². The molecular weight excluding hydrogens is 218 g/mol. The summed E-state index contributed by atoms with van der Waals surface area (Å²) in [6, 6.07) is 0. The number of nitrogens with zero attached hydrogens (tertiary/aromatic N) is 2. The Morgan fingerprint density at radius 1 is 1.38 bits per heavy atom. The number of fused-ring (bicyclic) bond motifs is 3. The average Bonchev–Trinajstić information content (AvgIpc) is 2.58. The van der Waals surface area contributed by atoms with Crippen LogP contribution in [0.1, 0.15) is 37.1 Å². The maximum Gasteiger partial charge on any atom is 0.135 e. The summed E-state index contributed by atoms with van der Waals surface area (Å²) in [5.74, 6) is 0.637. The van der Waals surface area contributed by atoms with Crippen LogP contribution in [0.25, 0.3) is 10.2 Å². The number of aryl methyl sites for hydroxylation is 1. The molecule has 0 radical (unpaired) electrons. The Kier molecular flexibility index (Phi) is 1.98. The number of hydrogen-bond acceptors (Lipinski definition) is 4. The van der Waals surface area contributed by atoms with Crippen molar-refractivity contribution in [3.8, 4) is 0 Å². The van der Waals surface area contributed by atoms with Gasteiger partial charge in [-0.15, -0.1) is 11.3 Å². The van der Waals surface area contributed by atoms with Gasteiger partial charge in [0.25, 0.3) is 0 Å². The minimum absolute atomic E-state index is 0.213. The second-order valence-corrected chi connectivity index (χ2v) is 6.16. The number of nitrogen functional groups attached to an aromatic ring is 1. The lowest BCUT2D eigenvalue weighted by Gasteiger charge is -2.30. The molecule has 0 saturated heterocycles. The highest BCUT2D eigenvalue weighted by atomic mass is 32.1. The van der Waals surface area contributed by atoms with E-state index in [4.69, 9.17) is 5.73 Å². The van der Waals surface area contributed by atoms with Gasteiger partial charge in [0.15, 0.2) is 0 Å². The maximum absolute atomic E-state index is 6.00. The van der Waals surface area contributed by atoms with Crippen molar-refractivity contribution in [1.82, 2.24) is 9.97 Å². The first kappa shape index (κ1) is 10.0. The smallest absolute Gasteiger partial charge is 0.135 e. The van der Waals surface area contributed by atoms with Crippen molar-refractivity contribution in [3.05, 3.63) is 16.8 Å². The fraction of sp³-hybridized carbons (Fsp3) is 0.500.